The molecule has 1 aromatic carbocycles. The van der Waals surface area contributed by atoms with E-state index in [1.165, 1.54) is 29.5 Å². The standard InChI is InChI=1S/C29H33N7O2/c1-17-14-35(15-18(2)32-17)22-10-7-21(8-11-22)33-29-31-13-24-26(37)25(27(30)38)16-36(28(24)34-29)23-9-6-19-4-3-5-20(19)12-23/h7-8,10-13,16-18,32H,3-6,9,14-15H2,1-2H3,(H2,30,38)(H,31,33,34). The smallest absolute Gasteiger partial charge is 0.254 e. The van der Waals surface area contributed by atoms with Gasteiger partial charge in [0.05, 0.1) is 5.39 Å². The van der Waals surface area contributed by atoms with Crippen molar-refractivity contribution in [1.82, 2.24) is 19.9 Å². The molecule has 1 fully saturated rings. The van der Waals surface area contributed by atoms with Crippen molar-refractivity contribution in [2.75, 3.05) is 23.3 Å². The van der Waals surface area contributed by atoms with E-state index in [2.05, 4.69) is 52.6 Å². The van der Waals surface area contributed by atoms with Gasteiger partial charge in [-0.05, 0) is 81.9 Å². The number of nitrogens with two attached hydrogens (primary N) is 1. The van der Waals surface area contributed by atoms with E-state index in [0.29, 0.717) is 23.7 Å². The molecule has 0 saturated carbocycles. The van der Waals surface area contributed by atoms with Gasteiger partial charge in [-0.25, -0.2) is 4.98 Å². The molecule has 3 aromatic rings. The SMILES string of the molecule is CC1CN(c2ccc(Nc3ncc4c(=O)c(C(N)=O)cn(C5=CC6=C(CCC6)CC5)c4n3)cc2)CC(C)N1. The maximum atomic E-state index is 13.0. The highest BCUT2D eigenvalue weighted by Crippen LogP contribution is 2.37. The van der Waals surface area contributed by atoms with Gasteiger partial charge in [0.2, 0.25) is 11.4 Å². The molecule has 3 aliphatic rings. The molecule has 2 unspecified atom stereocenters. The van der Waals surface area contributed by atoms with Crippen molar-refractivity contribution in [3.63, 3.8) is 0 Å². The minimum atomic E-state index is -0.751. The fourth-order valence-corrected chi connectivity index (χ4v) is 6.02. The third kappa shape index (κ3) is 4.58. The molecular weight excluding hydrogens is 478 g/mol. The molecule has 9 heteroatoms. The lowest BCUT2D eigenvalue weighted by atomic mass is 9.97. The average molecular weight is 512 g/mol. The van der Waals surface area contributed by atoms with Crippen molar-refractivity contribution in [2.45, 2.75) is 58.0 Å². The number of rotatable bonds is 5. The number of amides is 1. The molecule has 1 saturated heterocycles. The van der Waals surface area contributed by atoms with Crippen LogP contribution in [0.15, 0.2) is 58.7 Å². The number of carbonyl (C=O) groups is 1. The molecular formula is C29H33N7O2. The summed E-state index contributed by atoms with van der Waals surface area (Å²) in [5, 5.41) is 7.12. The van der Waals surface area contributed by atoms with E-state index < -0.39 is 11.3 Å². The van der Waals surface area contributed by atoms with Crippen LogP contribution in [0.5, 0.6) is 0 Å². The number of allylic oxidation sites excluding steroid dienone is 4. The summed E-state index contributed by atoms with van der Waals surface area (Å²) in [6, 6.07) is 9.10. The van der Waals surface area contributed by atoms with Gasteiger partial charge in [0.15, 0.2) is 5.65 Å². The predicted molar refractivity (Wildman–Crippen MR) is 151 cm³/mol. The van der Waals surface area contributed by atoms with Crippen molar-refractivity contribution in [2.24, 2.45) is 5.73 Å². The van der Waals surface area contributed by atoms with Crippen LogP contribution < -0.4 is 26.7 Å². The lowest BCUT2D eigenvalue weighted by Crippen LogP contribution is -2.54. The zero-order valence-electron chi connectivity index (χ0n) is 21.8. The molecule has 0 bridgehead atoms. The Bertz CT molecular complexity index is 1530. The molecule has 3 heterocycles. The van der Waals surface area contributed by atoms with E-state index in [4.69, 9.17) is 10.7 Å². The summed E-state index contributed by atoms with van der Waals surface area (Å²) in [5.74, 6) is -0.370. The zero-order valence-corrected chi connectivity index (χ0v) is 21.8. The monoisotopic (exact) mass is 511 g/mol. The number of hydrogen-bond donors (Lipinski definition) is 3. The van der Waals surface area contributed by atoms with Gasteiger partial charge in [-0.15, -0.1) is 0 Å². The summed E-state index contributed by atoms with van der Waals surface area (Å²) < 4.78 is 1.85. The molecule has 38 heavy (non-hydrogen) atoms. The fraction of sp³-hybridized carbons (Fsp3) is 0.379. The maximum absolute atomic E-state index is 13.0. The predicted octanol–water partition coefficient (Wildman–Crippen LogP) is 3.94. The van der Waals surface area contributed by atoms with E-state index in [-0.39, 0.29) is 10.9 Å². The molecule has 1 amide bonds. The number of carbonyl (C=O) groups excluding carboxylic acids is 1. The van der Waals surface area contributed by atoms with Crippen molar-refractivity contribution in [1.29, 1.82) is 0 Å². The average Bonchev–Trinajstić information content (AvgIpc) is 3.37. The number of pyridine rings is 1. The highest BCUT2D eigenvalue weighted by atomic mass is 16.2. The van der Waals surface area contributed by atoms with Crippen LogP contribution in [0.3, 0.4) is 0 Å². The first kappa shape index (κ1) is 24.4. The molecule has 0 spiro atoms. The number of primary amides is 1. The van der Waals surface area contributed by atoms with Crippen LogP contribution in [-0.2, 0) is 0 Å². The Morgan fingerprint density at radius 2 is 1.84 bits per heavy atom. The van der Waals surface area contributed by atoms with Gasteiger partial charge in [0.1, 0.15) is 5.56 Å². The van der Waals surface area contributed by atoms with Gasteiger partial charge in [0, 0.05) is 54.6 Å². The van der Waals surface area contributed by atoms with Crippen LogP contribution in [0, 0.1) is 0 Å². The lowest BCUT2D eigenvalue weighted by molar-refractivity contribution is 0.0999. The van der Waals surface area contributed by atoms with Crippen LogP contribution in [0.1, 0.15) is 56.3 Å². The summed E-state index contributed by atoms with van der Waals surface area (Å²) in [6.07, 6.45) is 10.4. The number of hydrogen-bond acceptors (Lipinski definition) is 7. The molecule has 2 atom stereocenters. The van der Waals surface area contributed by atoms with Gasteiger partial charge in [-0.2, -0.15) is 4.98 Å². The van der Waals surface area contributed by atoms with Crippen LogP contribution in [-0.4, -0.2) is 45.6 Å². The lowest BCUT2D eigenvalue weighted by Gasteiger charge is -2.37. The molecule has 4 N–H and O–H groups in total. The number of anilines is 3. The minimum Gasteiger partial charge on any atom is -0.368 e. The summed E-state index contributed by atoms with van der Waals surface area (Å²) in [7, 11) is 0. The van der Waals surface area contributed by atoms with Crippen molar-refractivity contribution in [3.8, 4) is 0 Å². The van der Waals surface area contributed by atoms with Crippen molar-refractivity contribution >= 4 is 40.0 Å². The van der Waals surface area contributed by atoms with Gasteiger partial charge < -0.3 is 25.8 Å². The van der Waals surface area contributed by atoms with E-state index in [1.54, 1.807) is 6.20 Å². The number of aromatic nitrogens is 3. The van der Waals surface area contributed by atoms with Crippen molar-refractivity contribution < 1.29 is 4.79 Å². The fourth-order valence-electron chi connectivity index (χ4n) is 6.02. The third-order valence-corrected chi connectivity index (χ3v) is 7.77. The highest BCUT2D eigenvalue weighted by molar-refractivity contribution is 5.96. The molecule has 1 aliphatic heterocycles. The summed E-state index contributed by atoms with van der Waals surface area (Å²) in [4.78, 5) is 36.7. The number of fused-ring (bicyclic) bond motifs is 1. The first-order valence-electron chi connectivity index (χ1n) is 13.4. The molecule has 9 nitrogen and oxygen atoms in total. The Morgan fingerprint density at radius 3 is 2.58 bits per heavy atom. The summed E-state index contributed by atoms with van der Waals surface area (Å²) >= 11 is 0. The van der Waals surface area contributed by atoms with Gasteiger partial charge in [-0.1, -0.05) is 5.57 Å². The minimum absolute atomic E-state index is 0.0546. The number of nitrogens with zero attached hydrogens (tertiary/aromatic N) is 4. The second-order valence-electron chi connectivity index (χ2n) is 10.7. The number of piperazine rings is 1. The van der Waals surface area contributed by atoms with Gasteiger partial charge in [0.25, 0.3) is 5.91 Å². The van der Waals surface area contributed by atoms with E-state index in [1.807, 2.05) is 16.7 Å². The van der Waals surface area contributed by atoms with Crippen molar-refractivity contribution in [3.05, 3.63) is 69.7 Å². The normalized spacial score (nSPS) is 21.4. The Labute approximate surface area is 221 Å². The molecule has 0 radical (unpaired) electrons. The summed E-state index contributed by atoms with van der Waals surface area (Å²) in [6.45, 7) is 6.33. The van der Waals surface area contributed by atoms with E-state index in [0.717, 1.165) is 50.2 Å². The van der Waals surface area contributed by atoms with E-state index >= 15 is 0 Å². The van der Waals surface area contributed by atoms with E-state index in [9.17, 15) is 9.59 Å². The Balaban J connectivity index is 1.34. The third-order valence-electron chi connectivity index (χ3n) is 7.77. The Hall–Kier alpha value is -3.98. The number of nitrogens with one attached hydrogen (secondary N) is 2. The topological polar surface area (TPSA) is 118 Å². The molecule has 2 aliphatic carbocycles. The second kappa shape index (κ2) is 9.72. The summed E-state index contributed by atoms with van der Waals surface area (Å²) in [5.41, 5.74) is 11.4. The van der Waals surface area contributed by atoms with Crippen LogP contribution in [0.4, 0.5) is 17.3 Å². The number of benzene rings is 1. The second-order valence-corrected chi connectivity index (χ2v) is 10.7. The molecule has 2 aromatic heterocycles. The Morgan fingerprint density at radius 1 is 1.08 bits per heavy atom. The first-order chi connectivity index (χ1) is 18.4. The first-order valence-corrected chi connectivity index (χ1v) is 13.4. The molecule has 6 rings (SSSR count). The van der Waals surface area contributed by atoms with Crippen LogP contribution >= 0.6 is 0 Å². The van der Waals surface area contributed by atoms with Gasteiger partial charge in [-0.3, -0.25) is 9.59 Å². The maximum Gasteiger partial charge on any atom is 0.254 e. The molecule has 196 valence electrons. The van der Waals surface area contributed by atoms with Gasteiger partial charge >= 0.3 is 0 Å². The van der Waals surface area contributed by atoms with Crippen LogP contribution in [0.25, 0.3) is 16.7 Å². The Kier molecular flexibility index (Phi) is 6.23. The van der Waals surface area contributed by atoms with Crippen LogP contribution in [0.2, 0.25) is 0 Å². The zero-order chi connectivity index (χ0) is 26.4. The largest absolute Gasteiger partial charge is 0.368 e. The highest BCUT2D eigenvalue weighted by Gasteiger charge is 2.23. The quantitative estimate of drug-likeness (QED) is 0.475.